The predicted octanol–water partition coefficient (Wildman–Crippen LogP) is 8.57. The Kier molecular flexibility index (Phi) is 11.0. The summed E-state index contributed by atoms with van der Waals surface area (Å²) in [6, 6.07) is 6.08. The normalized spacial score (nSPS) is 30.8. The van der Waals surface area contributed by atoms with E-state index in [1.54, 1.807) is 14.2 Å². The lowest BCUT2D eigenvalue weighted by Crippen LogP contribution is -2.54. The second kappa shape index (κ2) is 13.6. The molecule has 3 heterocycles. The van der Waals surface area contributed by atoms with Gasteiger partial charge in [0.05, 0.1) is 14.2 Å². The van der Waals surface area contributed by atoms with Crippen molar-refractivity contribution in [2.24, 2.45) is 0 Å². The molecule has 4 rings (SSSR count). The van der Waals surface area contributed by atoms with Crippen molar-refractivity contribution in [2.45, 2.75) is 192 Å². The van der Waals surface area contributed by atoms with Crippen LogP contribution < -0.4 is 14.2 Å². The number of hydrogen-bond acceptors (Lipinski definition) is 9. The SMILES string of the molecule is CON1C(C)(C)CCC(Oc2ccc(OC3CCC(C)(C)N(O)C(C)(C)C3)c(OC3CCC(C)(C)N(OC)C(C)(C)C3)c2)CC1(C)C. The smallest absolute Gasteiger partial charge is 0.165 e. The topological polar surface area (TPSA) is 76.1 Å². The Hall–Kier alpha value is -1.62. The maximum absolute atomic E-state index is 11.1. The van der Waals surface area contributed by atoms with Crippen LogP contribution in [0.3, 0.4) is 0 Å². The lowest BCUT2D eigenvalue weighted by molar-refractivity contribution is -0.246. The predicted molar refractivity (Wildman–Crippen MR) is 187 cm³/mol. The molecule has 0 saturated carbocycles. The zero-order valence-corrected chi connectivity index (χ0v) is 32.2. The van der Waals surface area contributed by atoms with Crippen LogP contribution in [0.15, 0.2) is 18.2 Å². The highest BCUT2D eigenvalue weighted by Crippen LogP contribution is 2.44. The molecule has 1 aromatic rings. The Morgan fingerprint density at radius 1 is 0.532 bits per heavy atom. The zero-order chi connectivity index (χ0) is 35.2. The first-order valence-electron chi connectivity index (χ1n) is 17.9. The molecule has 1 N–H and O–H groups in total. The molecule has 3 fully saturated rings. The highest BCUT2D eigenvalue weighted by molar-refractivity contribution is 5.46. The summed E-state index contributed by atoms with van der Waals surface area (Å²) in [6.07, 6.45) is 7.61. The quantitative estimate of drug-likeness (QED) is 0.295. The van der Waals surface area contributed by atoms with E-state index in [0.29, 0.717) is 12.2 Å². The summed E-state index contributed by atoms with van der Waals surface area (Å²) in [7, 11) is 3.53. The van der Waals surface area contributed by atoms with Gasteiger partial charge in [-0.1, -0.05) is 0 Å². The van der Waals surface area contributed by atoms with E-state index in [-0.39, 0.29) is 46.0 Å². The number of ether oxygens (including phenoxy) is 3. The molecule has 0 amide bonds. The van der Waals surface area contributed by atoms with Crippen LogP contribution in [0.25, 0.3) is 0 Å². The van der Waals surface area contributed by atoms with Crippen molar-refractivity contribution in [3.05, 3.63) is 18.2 Å². The minimum absolute atomic E-state index is 0.0253. The van der Waals surface area contributed by atoms with Crippen LogP contribution in [0.1, 0.15) is 141 Å². The lowest BCUT2D eigenvalue weighted by atomic mass is 9.95. The molecule has 0 aromatic heterocycles. The number of nitrogens with zero attached hydrogens (tertiary/aromatic N) is 3. The first-order valence-corrected chi connectivity index (χ1v) is 17.9. The highest BCUT2D eigenvalue weighted by Gasteiger charge is 2.46. The van der Waals surface area contributed by atoms with Crippen LogP contribution in [-0.2, 0) is 9.68 Å². The molecule has 9 heteroatoms. The molecule has 3 atom stereocenters. The van der Waals surface area contributed by atoms with Gasteiger partial charge in [-0.3, -0.25) is 0 Å². The number of hydrogen-bond donors (Lipinski definition) is 1. The zero-order valence-electron chi connectivity index (χ0n) is 32.2. The molecule has 0 bridgehead atoms. The number of benzene rings is 1. The molecule has 0 aliphatic carbocycles. The molecule has 0 spiro atoms. The van der Waals surface area contributed by atoms with Crippen molar-refractivity contribution < 1.29 is 29.1 Å². The third-order valence-electron chi connectivity index (χ3n) is 10.9. The van der Waals surface area contributed by atoms with Crippen molar-refractivity contribution >= 4 is 0 Å². The van der Waals surface area contributed by atoms with Gasteiger partial charge >= 0.3 is 0 Å². The van der Waals surface area contributed by atoms with Crippen molar-refractivity contribution in [1.29, 1.82) is 0 Å². The van der Waals surface area contributed by atoms with Gasteiger partial charge in [-0.15, -0.1) is 0 Å². The summed E-state index contributed by atoms with van der Waals surface area (Å²) >= 11 is 0. The molecule has 3 unspecified atom stereocenters. The largest absolute Gasteiger partial charge is 0.490 e. The van der Waals surface area contributed by atoms with Gasteiger partial charge in [0.1, 0.15) is 24.1 Å². The van der Waals surface area contributed by atoms with Gasteiger partial charge in [0.2, 0.25) is 0 Å². The third-order valence-corrected chi connectivity index (χ3v) is 10.9. The molecule has 270 valence electrons. The Morgan fingerprint density at radius 3 is 1.40 bits per heavy atom. The van der Waals surface area contributed by atoms with Crippen molar-refractivity contribution in [1.82, 2.24) is 15.2 Å². The first kappa shape index (κ1) is 38.2. The van der Waals surface area contributed by atoms with Crippen LogP contribution in [-0.4, -0.2) is 86.2 Å². The van der Waals surface area contributed by atoms with Crippen molar-refractivity contribution in [3.8, 4) is 17.2 Å². The average Bonchev–Trinajstić information content (AvgIpc) is 3.12. The van der Waals surface area contributed by atoms with Gasteiger partial charge in [-0.25, -0.2) is 0 Å². The second-order valence-electron chi connectivity index (χ2n) is 18.2. The van der Waals surface area contributed by atoms with Crippen LogP contribution in [0.5, 0.6) is 17.2 Å². The summed E-state index contributed by atoms with van der Waals surface area (Å²) in [5.41, 5.74) is -1.46. The number of hydroxylamine groups is 6. The van der Waals surface area contributed by atoms with E-state index < -0.39 is 5.54 Å². The van der Waals surface area contributed by atoms with Gasteiger partial charge < -0.3 is 29.1 Å². The fourth-order valence-electron chi connectivity index (χ4n) is 9.13. The highest BCUT2D eigenvalue weighted by atomic mass is 16.7. The summed E-state index contributed by atoms with van der Waals surface area (Å²) in [5, 5.41) is 16.9. The molecule has 3 saturated heterocycles. The summed E-state index contributed by atoms with van der Waals surface area (Å²) in [6.45, 7) is 26.2. The Balaban J connectivity index is 1.65. The van der Waals surface area contributed by atoms with E-state index >= 15 is 0 Å². The fourth-order valence-corrected chi connectivity index (χ4v) is 9.13. The van der Waals surface area contributed by atoms with Crippen LogP contribution >= 0.6 is 0 Å². The van der Waals surface area contributed by atoms with Crippen LogP contribution in [0.4, 0.5) is 0 Å². The van der Waals surface area contributed by atoms with E-state index in [0.717, 1.165) is 62.9 Å². The fraction of sp³-hybridized carbons (Fsp3) is 0.842. The molecule has 3 aliphatic rings. The summed E-state index contributed by atoms with van der Waals surface area (Å²) in [5.74, 6) is 2.22. The van der Waals surface area contributed by atoms with Gasteiger partial charge in [0, 0.05) is 58.6 Å². The van der Waals surface area contributed by atoms with E-state index in [2.05, 4.69) is 93.2 Å². The molecule has 1 aromatic carbocycles. The Bertz CT molecular complexity index is 1210. The summed E-state index contributed by atoms with van der Waals surface area (Å²) in [4.78, 5) is 11.8. The average molecular weight is 662 g/mol. The van der Waals surface area contributed by atoms with Gasteiger partial charge in [-0.2, -0.15) is 15.2 Å². The Morgan fingerprint density at radius 2 is 0.936 bits per heavy atom. The lowest BCUT2D eigenvalue weighted by Gasteiger charge is -2.44. The second-order valence-corrected chi connectivity index (χ2v) is 18.2. The van der Waals surface area contributed by atoms with E-state index in [1.165, 1.54) is 5.06 Å². The molecular formula is C38H67N3O6. The molecule has 9 nitrogen and oxygen atoms in total. The molecular weight excluding hydrogens is 594 g/mol. The standard InChI is InChI=1S/C38H67N3O6/c1-33(2)20-17-29(24-36(7,8)39(33)42)46-31-16-15-27(45-28-18-21-34(3,4)40(43-13)37(9,10)25-28)23-32(31)47-30-19-22-35(5,6)41(44-14)38(11,12)26-30/h15-16,23,28-30,42H,17-22,24-26H2,1-14H3. The van der Waals surface area contributed by atoms with E-state index in [1.807, 2.05) is 18.2 Å². The molecule has 47 heavy (non-hydrogen) atoms. The first-order chi connectivity index (χ1) is 21.5. The maximum Gasteiger partial charge on any atom is 0.165 e. The monoisotopic (exact) mass is 662 g/mol. The van der Waals surface area contributed by atoms with Crippen LogP contribution in [0.2, 0.25) is 0 Å². The molecule has 3 aliphatic heterocycles. The Labute approximate surface area is 286 Å². The minimum Gasteiger partial charge on any atom is -0.490 e. The van der Waals surface area contributed by atoms with Crippen molar-refractivity contribution in [2.75, 3.05) is 14.2 Å². The van der Waals surface area contributed by atoms with Crippen LogP contribution in [0, 0.1) is 0 Å². The third kappa shape index (κ3) is 8.58. The maximum atomic E-state index is 11.1. The van der Waals surface area contributed by atoms with E-state index in [9.17, 15) is 5.21 Å². The van der Waals surface area contributed by atoms with Gasteiger partial charge in [0.15, 0.2) is 11.5 Å². The van der Waals surface area contributed by atoms with Gasteiger partial charge in [0.25, 0.3) is 0 Å². The molecule has 0 radical (unpaired) electrons. The van der Waals surface area contributed by atoms with E-state index in [4.69, 9.17) is 23.9 Å². The van der Waals surface area contributed by atoms with Crippen molar-refractivity contribution in [3.63, 3.8) is 0 Å². The summed E-state index contributed by atoms with van der Waals surface area (Å²) < 4.78 is 20.6. The minimum atomic E-state index is -0.439. The van der Waals surface area contributed by atoms with Gasteiger partial charge in [-0.05, 0) is 134 Å². The number of rotatable bonds is 8.